The van der Waals surface area contributed by atoms with Crippen LogP contribution in [0.2, 0.25) is 0 Å². The number of carbonyl (C=O) groups is 1. The van der Waals surface area contributed by atoms with Gasteiger partial charge in [-0.05, 0) is 85.5 Å². The van der Waals surface area contributed by atoms with Crippen molar-refractivity contribution in [1.29, 1.82) is 0 Å². The highest BCUT2D eigenvalue weighted by molar-refractivity contribution is 8.00. The molecule has 0 aliphatic carbocycles. The Balaban J connectivity index is 1.41. The van der Waals surface area contributed by atoms with E-state index in [2.05, 4.69) is 19.6 Å². The number of aromatic nitrogens is 2. The number of fused-ring (bicyclic) bond motifs is 1. The third-order valence-corrected chi connectivity index (χ3v) is 6.63. The molecule has 154 valence electrons. The number of aryl methyl sites for hydroxylation is 1. The minimum atomic E-state index is -0.122. The predicted molar refractivity (Wildman–Crippen MR) is 129 cm³/mol. The van der Waals surface area contributed by atoms with Crippen LogP contribution in [0.1, 0.15) is 22.3 Å². The van der Waals surface area contributed by atoms with Crippen LogP contribution in [0, 0.1) is 6.92 Å². The molecule has 0 atom stereocenters. The van der Waals surface area contributed by atoms with Gasteiger partial charge in [0.15, 0.2) is 0 Å². The van der Waals surface area contributed by atoms with E-state index < -0.39 is 0 Å². The molecule has 1 fully saturated rings. The van der Waals surface area contributed by atoms with Crippen LogP contribution in [0.3, 0.4) is 0 Å². The predicted octanol–water partition coefficient (Wildman–Crippen LogP) is 5.72. The molecule has 6 heteroatoms. The highest BCUT2D eigenvalue weighted by Crippen LogP contribution is 2.31. The second-order valence-electron chi connectivity index (χ2n) is 7.55. The fourth-order valence-electron chi connectivity index (χ4n) is 3.81. The van der Waals surface area contributed by atoms with Crippen molar-refractivity contribution in [3.63, 3.8) is 0 Å². The van der Waals surface area contributed by atoms with E-state index in [0.717, 1.165) is 51.4 Å². The van der Waals surface area contributed by atoms with Gasteiger partial charge in [-0.25, -0.2) is 0 Å². The maximum absolute atomic E-state index is 12.8. The Hall–Kier alpha value is -3.38. The number of rotatable bonds is 4. The molecular weight excluding hydrogens is 404 g/mol. The third-order valence-electron chi connectivity index (χ3n) is 5.45. The lowest BCUT2D eigenvalue weighted by molar-refractivity contribution is 0.102. The van der Waals surface area contributed by atoms with Crippen LogP contribution in [-0.2, 0) is 0 Å². The van der Waals surface area contributed by atoms with Gasteiger partial charge in [0.2, 0.25) is 0 Å². The zero-order chi connectivity index (χ0) is 21.2. The number of hydrogen-bond donors (Lipinski definition) is 1. The second-order valence-corrected chi connectivity index (χ2v) is 8.66. The summed E-state index contributed by atoms with van der Waals surface area (Å²) in [6, 6.07) is 19.6. The van der Waals surface area contributed by atoms with Gasteiger partial charge in [-0.3, -0.25) is 14.8 Å². The first-order chi connectivity index (χ1) is 15.2. The molecule has 2 aromatic carbocycles. The van der Waals surface area contributed by atoms with Crippen LogP contribution in [0.15, 0.2) is 73.1 Å². The van der Waals surface area contributed by atoms with Gasteiger partial charge in [0.25, 0.3) is 5.91 Å². The Kier molecular flexibility index (Phi) is 5.30. The molecule has 0 bridgehead atoms. The number of amides is 1. The van der Waals surface area contributed by atoms with Gasteiger partial charge >= 0.3 is 0 Å². The molecular formula is C25H22N4OS. The zero-order valence-electron chi connectivity index (χ0n) is 17.2. The molecule has 0 unspecified atom stereocenters. The Labute approximate surface area is 185 Å². The molecule has 1 amide bonds. The molecule has 3 heterocycles. The molecule has 1 aliphatic heterocycles. The van der Waals surface area contributed by atoms with Crippen molar-refractivity contribution in [1.82, 2.24) is 9.97 Å². The molecule has 1 saturated heterocycles. The first-order valence-electron chi connectivity index (χ1n) is 10.3. The number of carbonyl (C=O) groups excluding carboxylic acids is 1. The molecule has 0 radical (unpaired) electrons. The van der Waals surface area contributed by atoms with Gasteiger partial charge in [-0.2, -0.15) is 0 Å². The molecule has 5 nitrogen and oxygen atoms in total. The smallest absolute Gasteiger partial charge is 0.255 e. The Morgan fingerprint density at radius 1 is 1.03 bits per heavy atom. The number of nitrogens with one attached hydrogen (secondary N) is 1. The highest BCUT2D eigenvalue weighted by atomic mass is 32.2. The van der Waals surface area contributed by atoms with E-state index >= 15 is 0 Å². The van der Waals surface area contributed by atoms with E-state index in [0.29, 0.717) is 5.56 Å². The summed E-state index contributed by atoms with van der Waals surface area (Å²) in [5.74, 6) is 1.03. The molecule has 0 saturated carbocycles. The van der Waals surface area contributed by atoms with Gasteiger partial charge in [0.1, 0.15) is 0 Å². The largest absolute Gasteiger partial charge is 0.322 e. The number of nitrogens with zero attached hydrogens (tertiary/aromatic N) is 3. The molecule has 1 aliphatic rings. The lowest BCUT2D eigenvalue weighted by Crippen LogP contribution is -2.13. The van der Waals surface area contributed by atoms with E-state index in [1.54, 1.807) is 12.4 Å². The summed E-state index contributed by atoms with van der Waals surface area (Å²) in [7, 11) is 0. The summed E-state index contributed by atoms with van der Waals surface area (Å²) in [6.07, 6.45) is 4.75. The van der Waals surface area contributed by atoms with Crippen molar-refractivity contribution in [3.8, 4) is 11.3 Å². The van der Waals surface area contributed by atoms with Crippen LogP contribution >= 0.6 is 11.9 Å². The van der Waals surface area contributed by atoms with Gasteiger partial charge in [0.05, 0.1) is 11.2 Å². The summed E-state index contributed by atoms with van der Waals surface area (Å²) in [5.41, 5.74) is 6.37. The van der Waals surface area contributed by atoms with E-state index in [1.165, 1.54) is 6.42 Å². The number of benzene rings is 2. The Morgan fingerprint density at radius 3 is 2.71 bits per heavy atom. The van der Waals surface area contributed by atoms with Gasteiger partial charge in [-0.1, -0.05) is 6.07 Å². The average Bonchev–Trinajstić information content (AvgIpc) is 3.35. The summed E-state index contributed by atoms with van der Waals surface area (Å²) >= 11 is 1.84. The lowest BCUT2D eigenvalue weighted by atomic mass is 10.0. The molecule has 5 rings (SSSR count). The van der Waals surface area contributed by atoms with Crippen LogP contribution in [0.4, 0.5) is 11.4 Å². The number of anilines is 2. The lowest BCUT2D eigenvalue weighted by Gasteiger charge is -2.16. The quantitative estimate of drug-likeness (QED) is 0.423. The van der Waals surface area contributed by atoms with Crippen LogP contribution in [-0.4, -0.2) is 28.2 Å². The second kappa shape index (κ2) is 8.40. The standard InChI is InChI=1S/C25H22N4OS/c1-17-5-8-19(16-22(17)24-21-4-2-12-26-23(21)11-13-27-24)28-25(30)18-6-9-20(10-7-18)29-14-3-15-31-29/h2,4-13,16H,3,14-15H2,1H3,(H,28,30). The van der Waals surface area contributed by atoms with Crippen molar-refractivity contribution in [2.75, 3.05) is 21.9 Å². The van der Waals surface area contributed by atoms with E-state index in [1.807, 2.05) is 79.5 Å². The van der Waals surface area contributed by atoms with Crippen molar-refractivity contribution < 1.29 is 4.79 Å². The third kappa shape index (κ3) is 3.99. The van der Waals surface area contributed by atoms with Crippen molar-refractivity contribution >= 4 is 40.1 Å². The summed E-state index contributed by atoms with van der Waals surface area (Å²) in [4.78, 5) is 21.9. The molecule has 4 aromatic rings. The van der Waals surface area contributed by atoms with E-state index in [-0.39, 0.29) is 5.91 Å². The molecule has 2 aromatic heterocycles. The first kappa shape index (κ1) is 19.6. The van der Waals surface area contributed by atoms with E-state index in [4.69, 9.17) is 0 Å². The zero-order valence-corrected chi connectivity index (χ0v) is 18.0. The van der Waals surface area contributed by atoms with Gasteiger partial charge < -0.3 is 9.62 Å². The molecule has 1 N–H and O–H groups in total. The SMILES string of the molecule is Cc1ccc(NC(=O)c2ccc(N3CCCS3)cc2)cc1-c1nccc2ncccc12. The van der Waals surface area contributed by atoms with Crippen LogP contribution in [0.25, 0.3) is 22.2 Å². The molecule has 31 heavy (non-hydrogen) atoms. The average molecular weight is 427 g/mol. The number of pyridine rings is 2. The van der Waals surface area contributed by atoms with Crippen molar-refractivity contribution in [2.24, 2.45) is 0 Å². The Bertz CT molecular complexity index is 1240. The Morgan fingerprint density at radius 2 is 1.90 bits per heavy atom. The first-order valence-corrected chi connectivity index (χ1v) is 11.3. The minimum Gasteiger partial charge on any atom is -0.322 e. The summed E-state index contributed by atoms with van der Waals surface area (Å²) < 4.78 is 2.28. The van der Waals surface area contributed by atoms with Crippen molar-refractivity contribution in [3.05, 3.63) is 84.2 Å². The topological polar surface area (TPSA) is 58.1 Å². The monoisotopic (exact) mass is 426 g/mol. The van der Waals surface area contributed by atoms with Crippen LogP contribution < -0.4 is 9.62 Å². The fourth-order valence-corrected chi connectivity index (χ4v) is 4.81. The normalized spacial score (nSPS) is 13.5. The van der Waals surface area contributed by atoms with Crippen LogP contribution in [0.5, 0.6) is 0 Å². The highest BCUT2D eigenvalue weighted by Gasteiger charge is 2.15. The van der Waals surface area contributed by atoms with Gasteiger partial charge in [0, 0.05) is 52.6 Å². The van der Waals surface area contributed by atoms with E-state index in [9.17, 15) is 4.79 Å². The maximum atomic E-state index is 12.8. The van der Waals surface area contributed by atoms with Gasteiger partial charge in [-0.15, -0.1) is 0 Å². The molecule has 0 spiro atoms. The maximum Gasteiger partial charge on any atom is 0.255 e. The fraction of sp³-hybridized carbons (Fsp3) is 0.160. The summed E-state index contributed by atoms with van der Waals surface area (Å²) in [5, 5.41) is 4.02. The number of hydrogen-bond acceptors (Lipinski definition) is 5. The minimum absolute atomic E-state index is 0.122. The summed E-state index contributed by atoms with van der Waals surface area (Å²) in [6.45, 7) is 3.10. The van der Waals surface area contributed by atoms with Crippen molar-refractivity contribution in [2.45, 2.75) is 13.3 Å².